The second-order valence-corrected chi connectivity index (χ2v) is 8.28. The lowest BCUT2D eigenvalue weighted by Gasteiger charge is -2.31. The highest BCUT2D eigenvalue weighted by Crippen LogP contribution is 2.81. The lowest BCUT2D eigenvalue weighted by molar-refractivity contribution is 0.195. The first-order chi connectivity index (χ1) is 10.2. The number of hydrogen-bond donors (Lipinski definition) is 0. The molecule has 1 aromatic carbocycles. The molecule has 5 fully saturated rings. The van der Waals surface area contributed by atoms with Crippen molar-refractivity contribution in [1.82, 2.24) is 0 Å². The van der Waals surface area contributed by atoms with Gasteiger partial charge in [0.2, 0.25) is 0 Å². The maximum Gasteiger partial charge on any atom is 0.113 e. The average molecular weight is 282 g/mol. The van der Waals surface area contributed by atoms with Gasteiger partial charge in [0.1, 0.15) is 17.8 Å². The molecule has 3 saturated heterocycles. The summed E-state index contributed by atoms with van der Waals surface area (Å²) in [5.41, 5.74) is 3.07. The normalized spacial score (nSPS) is 61.8. The molecule has 6 aliphatic rings. The van der Waals surface area contributed by atoms with Crippen LogP contribution in [0.3, 0.4) is 0 Å². The van der Waals surface area contributed by atoms with E-state index in [2.05, 4.69) is 38.1 Å². The molecule has 3 heterocycles. The van der Waals surface area contributed by atoms with E-state index >= 15 is 0 Å². The maximum atomic E-state index is 6.44. The Morgan fingerprint density at radius 1 is 0.810 bits per heavy atom. The van der Waals surface area contributed by atoms with Gasteiger partial charge in [-0.05, 0) is 25.0 Å². The van der Waals surface area contributed by atoms with Crippen molar-refractivity contribution >= 4 is 0 Å². The molecule has 9 atom stereocenters. The van der Waals surface area contributed by atoms with E-state index in [1.54, 1.807) is 0 Å². The molecule has 1 aromatic rings. The molecule has 1 spiro atoms. The summed E-state index contributed by atoms with van der Waals surface area (Å²) in [5, 5.41) is 0. The summed E-state index contributed by atoms with van der Waals surface area (Å²) in [6, 6.07) is 9.02. The van der Waals surface area contributed by atoms with E-state index in [4.69, 9.17) is 14.2 Å². The number of benzene rings is 1. The molecule has 3 heteroatoms. The molecule has 0 aromatic heterocycles. The zero-order valence-electron chi connectivity index (χ0n) is 12.2. The van der Waals surface area contributed by atoms with Crippen LogP contribution in [0.25, 0.3) is 0 Å². The molecule has 0 N–H and O–H groups in total. The van der Waals surface area contributed by atoms with Gasteiger partial charge >= 0.3 is 0 Å². The van der Waals surface area contributed by atoms with E-state index in [9.17, 15) is 0 Å². The molecule has 3 nitrogen and oxygen atoms in total. The molecule has 2 bridgehead atoms. The summed E-state index contributed by atoms with van der Waals surface area (Å²) in [4.78, 5) is 0. The minimum atomic E-state index is -0.00648. The predicted molar refractivity (Wildman–Crippen MR) is 74.1 cm³/mol. The third-order valence-electron chi connectivity index (χ3n) is 7.33. The maximum absolute atomic E-state index is 6.44. The Kier molecular flexibility index (Phi) is 1.39. The van der Waals surface area contributed by atoms with E-state index in [1.165, 1.54) is 11.1 Å². The van der Waals surface area contributed by atoms with Crippen LogP contribution in [0, 0.1) is 11.8 Å². The van der Waals surface area contributed by atoms with Crippen LogP contribution in [0.15, 0.2) is 24.3 Å². The SMILES string of the molecule is CC1(C)OC12[C@H]1c3ccccc3[C@H]2[C@H]2[C@@H]3O[C@H]3[C@H]3O[C@H]3[C@H]21. The Balaban J connectivity index is 1.51. The highest BCUT2D eigenvalue weighted by atomic mass is 16.7. The number of fused-ring (bicyclic) bond motifs is 11. The summed E-state index contributed by atoms with van der Waals surface area (Å²) in [5.74, 6) is 2.25. The smallest absolute Gasteiger partial charge is 0.113 e. The van der Waals surface area contributed by atoms with Gasteiger partial charge in [-0.15, -0.1) is 0 Å². The summed E-state index contributed by atoms with van der Waals surface area (Å²) in [6.45, 7) is 4.54. The standard InChI is InChI=1S/C18H18O3/c1-17(2)18(21-17)11-7-5-3-4-6-8(7)12(18)10-9(11)13-15(19-13)16-14(10)20-16/h3-6,9-16H,1-2H3/t9-,10+,11-,12-,13-,14-,15+,16-,18?/m0/s1. The summed E-state index contributed by atoms with van der Waals surface area (Å²) < 4.78 is 18.5. The fraction of sp³-hybridized carbons (Fsp3) is 0.667. The first-order valence-electron chi connectivity index (χ1n) is 8.25. The van der Waals surface area contributed by atoms with Crippen LogP contribution in [0.4, 0.5) is 0 Å². The molecule has 3 aliphatic heterocycles. The molecular formula is C18H18O3. The first-order valence-corrected chi connectivity index (χ1v) is 8.25. The van der Waals surface area contributed by atoms with Crippen LogP contribution in [0.1, 0.15) is 36.8 Å². The topological polar surface area (TPSA) is 37.6 Å². The van der Waals surface area contributed by atoms with Crippen LogP contribution < -0.4 is 0 Å². The Morgan fingerprint density at radius 2 is 1.29 bits per heavy atom. The second-order valence-electron chi connectivity index (χ2n) is 8.28. The number of epoxide rings is 3. The Bertz CT molecular complexity index is 661. The van der Waals surface area contributed by atoms with Gasteiger partial charge in [0.25, 0.3) is 0 Å². The van der Waals surface area contributed by atoms with Crippen LogP contribution >= 0.6 is 0 Å². The van der Waals surface area contributed by atoms with Gasteiger partial charge in [-0.2, -0.15) is 0 Å². The highest BCUT2D eigenvalue weighted by molar-refractivity contribution is 5.56. The van der Waals surface area contributed by atoms with E-state index in [-0.39, 0.29) is 11.2 Å². The zero-order valence-corrected chi connectivity index (χ0v) is 12.2. The lowest BCUT2D eigenvalue weighted by Crippen LogP contribution is -2.36. The molecule has 1 unspecified atom stereocenters. The Morgan fingerprint density at radius 3 is 1.71 bits per heavy atom. The quantitative estimate of drug-likeness (QED) is 0.685. The van der Waals surface area contributed by atoms with E-state index < -0.39 is 0 Å². The second kappa shape index (κ2) is 2.70. The fourth-order valence-electron chi connectivity index (χ4n) is 6.67. The summed E-state index contributed by atoms with van der Waals surface area (Å²) in [6.07, 6.45) is 1.64. The van der Waals surface area contributed by atoms with E-state index in [1.807, 2.05) is 0 Å². The van der Waals surface area contributed by atoms with Crippen LogP contribution in [-0.2, 0) is 14.2 Å². The zero-order chi connectivity index (χ0) is 13.7. The van der Waals surface area contributed by atoms with Crippen molar-refractivity contribution in [2.24, 2.45) is 11.8 Å². The van der Waals surface area contributed by atoms with Crippen molar-refractivity contribution < 1.29 is 14.2 Å². The van der Waals surface area contributed by atoms with Crippen molar-refractivity contribution in [2.75, 3.05) is 0 Å². The Hall–Kier alpha value is -0.900. The van der Waals surface area contributed by atoms with E-state index in [0.29, 0.717) is 48.1 Å². The molecule has 0 radical (unpaired) electrons. The largest absolute Gasteiger partial charge is 0.366 e. The Labute approximate surface area is 123 Å². The van der Waals surface area contributed by atoms with Gasteiger partial charge in [-0.3, -0.25) is 0 Å². The van der Waals surface area contributed by atoms with Crippen molar-refractivity contribution in [3.63, 3.8) is 0 Å². The molecule has 0 amide bonds. The number of ether oxygens (including phenoxy) is 3. The van der Waals surface area contributed by atoms with Gasteiger partial charge in [-0.25, -0.2) is 0 Å². The third kappa shape index (κ3) is 0.893. The van der Waals surface area contributed by atoms with Gasteiger partial charge in [0.15, 0.2) is 0 Å². The molecule has 7 rings (SSSR count). The fourth-order valence-corrected chi connectivity index (χ4v) is 6.67. The van der Waals surface area contributed by atoms with Gasteiger partial charge in [0, 0.05) is 23.7 Å². The molecule has 3 aliphatic carbocycles. The van der Waals surface area contributed by atoms with E-state index in [0.717, 1.165) is 0 Å². The number of rotatable bonds is 0. The molecule has 21 heavy (non-hydrogen) atoms. The minimum absolute atomic E-state index is 0.00648. The van der Waals surface area contributed by atoms with Crippen molar-refractivity contribution in [3.05, 3.63) is 35.4 Å². The van der Waals surface area contributed by atoms with Crippen LogP contribution in [0.2, 0.25) is 0 Å². The third-order valence-corrected chi connectivity index (χ3v) is 7.33. The van der Waals surface area contributed by atoms with Crippen LogP contribution in [-0.4, -0.2) is 35.6 Å². The molecule has 2 saturated carbocycles. The van der Waals surface area contributed by atoms with Crippen molar-refractivity contribution in [3.8, 4) is 0 Å². The minimum Gasteiger partial charge on any atom is -0.366 e. The first kappa shape index (κ1) is 10.8. The van der Waals surface area contributed by atoms with Crippen molar-refractivity contribution in [1.29, 1.82) is 0 Å². The summed E-state index contributed by atoms with van der Waals surface area (Å²) in [7, 11) is 0. The van der Waals surface area contributed by atoms with Crippen LogP contribution in [0.5, 0.6) is 0 Å². The average Bonchev–Trinajstić information content (AvgIpc) is 3.34. The number of hydrogen-bond acceptors (Lipinski definition) is 3. The van der Waals surface area contributed by atoms with Gasteiger partial charge in [-0.1, -0.05) is 24.3 Å². The van der Waals surface area contributed by atoms with Gasteiger partial charge < -0.3 is 14.2 Å². The van der Waals surface area contributed by atoms with Gasteiger partial charge in [0.05, 0.1) is 17.8 Å². The molecular weight excluding hydrogens is 264 g/mol. The highest BCUT2D eigenvalue weighted by Gasteiger charge is 2.87. The lowest BCUT2D eigenvalue weighted by atomic mass is 9.69. The monoisotopic (exact) mass is 282 g/mol. The summed E-state index contributed by atoms with van der Waals surface area (Å²) >= 11 is 0. The predicted octanol–water partition coefficient (Wildman–Crippen LogP) is 2.21. The molecule has 108 valence electrons. The van der Waals surface area contributed by atoms with Crippen molar-refractivity contribution in [2.45, 2.75) is 61.3 Å².